The number of carbonyl (C=O) groups excluding carboxylic acids is 1. The predicted octanol–water partition coefficient (Wildman–Crippen LogP) is 5.29. The maximum atomic E-state index is 13.1. The second kappa shape index (κ2) is 6.55. The lowest BCUT2D eigenvalue weighted by Gasteiger charge is -2.31. The molecule has 1 fully saturated rings. The summed E-state index contributed by atoms with van der Waals surface area (Å²) in [7, 11) is 0. The molecule has 1 aliphatic heterocycles. The number of nitrogens with one attached hydrogen (secondary N) is 2. The Hall–Kier alpha value is -3.01. The molecule has 0 saturated carbocycles. The van der Waals surface area contributed by atoms with E-state index in [1.165, 1.54) is 27.9 Å². The molecule has 0 spiro atoms. The summed E-state index contributed by atoms with van der Waals surface area (Å²) in [6.07, 6.45) is 2.01. The fourth-order valence-electron chi connectivity index (χ4n) is 4.49. The quantitative estimate of drug-likeness (QED) is 0.494. The average molecular weight is 371 g/mol. The van der Waals surface area contributed by atoms with Crippen molar-refractivity contribution in [2.45, 2.75) is 32.6 Å². The zero-order valence-corrected chi connectivity index (χ0v) is 16.4. The van der Waals surface area contributed by atoms with Crippen molar-refractivity contribution in [3.63, 3.8) is 0 Å². The van der Waals surface area contributed by atoms with Gasteiger partial charge in [-0.15, -0.1) is 0 Å². The van der Waals surface area contributed by atoms with E-state index < -0.39 is 0 Å². The van der Waals surface area contributed by atoms with Gasteiger partial charge in [-0.05, 0) is 68.0 Å². The lowest BCUT2D eigenvalue weighted by atomic mass is 9.93. The van der Waals surface area contributed by atoms with Gasteiger partial charge in [0.05, 0.1) is 0 Å². The van der Waals surface area contributed by atoms with E-state index in [1.807, 2.05) is 23.1 Å². The Morgan fingerprint density at radius 1 is 0.964 bits per heavy atom. The Kier molecular flexibility index (Phi) is 4.00. The number of fused-ring (bicyclic) bond motifs is 2. The second-order valence-electron chi connectivity index (χ2n) is 8.01. The zero-order chi connectivity index (χ0) is 19.3. The summed E-state index contributed by atoms with van der Waals surface area (Å²) in [5, 5.41) is 2.41. The van der Waals surface area contributed by atoms with E-state index in [9.17, 15) is 4.79 Å². The van der Waals surface area contributed by atoms with E-state index in [2.05, 4.69) is 54.1 Å². The van der Waals surface area contributed by atoms with Gasteiger partial charge in [0, 0.05) is 52.4 Å². The summed E-state index contributed by atoms with van der Waals surface area (Å²) >= 11 is 0. The van der Waals surface area contributed by atoms with Crippen molar-refractivity contribution in [2.75, 3.05) is 13.1 Å². The van der Waals surface area contributed by atoms with Crippen LogP contribution in [0.3, 0.4) is 0 Å². The number of aromatic amines is 2. The van der Waals surface area contributed by atoms with Gasteiger partial charge in [0.25, 0.3) is 5.91 Å². The summed E-state index contributed by atoms with van der Waals surface area (Å²) in [5.74, 6) is 0.642. The van der Waals surface area contributed by atoms with E-state index in [0.717, 1.165) is 42.4 Å². The Morgan fingerprint density at radius 2 is 1.75 bits per heavy atom. The number of benzene rings is 2. The Morgan fingerprint density at radius 3 is 2.54 bits per heavy atom. The number of hydrogen-bond donors (Lipinski definition) is 2. The third-order valence-electron chi connectivity index (χ3n) is 6.33. The van der Waals surface area contributed by atoms with Crippen molar-refractivity contribution in [1.29, 1.82) is 0 Å². The number of aromatic nitrogens is 2. The number of H-pyrrole nitrogens is 2. The van der Waals surface area contributed by atoms with Crippen LogP contribution in [0.2, 0.25) is 0 Å². The minimum atomic E-state index is 0.148. The Labute approximate surface area is 164 Å². The lowest BCUT2D eigenvalue weighted by molar-refractivity contribution is 0.0712. The van der Waals surface area contributed by atoms with E-state index >= 15 is 0 Å². The van der Waals surface area contributed by atoms with Crippen molar-refractivity contribution >= 4 is 27.7 Å². The maximum Gasteiger partial charge on any atom is 0.253 e. The van der Waals surface area contributed by atoms with Crippen molar-refractivity contribution < 1.29 is 4.79 Å². The molecule has 4 heteroatoms. The highest BCUT2D eigenvalue weighted by Gasteiger charge is 2.25. The van der Waals surface area contributed by atoms with Crippen LogP contribution in [0, 0.1) is 13.8 Å². The van der Waals surface area contributed by atoms with Gasteiger partial charge in [0.2, 0.25) is 0 Å². The van der Waals surface area contributed by atoms with Crippen LogP contribution in [0.15, 0.2) is 48.5 Å². The molecule has 0 radical (unpaired) electrons. The average Bonchev–Trinajstić information content (AvgIpc) is 3.28. The van der Waals surface area contributed by atoms with Crippen molar-refractivity contribution in [3.8, 4) is 0 Å². The highest BCUT2D eigenvalue weighted by Crippen LogP contribution is 2.31. The third-order valence-corrected chi connectivity index (χ3v) is 6.33. The molecule has 1 aliphatic rings. The number of carbonyl (C=O) groups is 1. The molecular weight excluding hydrogens is 346 g/mol. The van der Waals surface area contributed by atoms with Gasteiger partial charge in [-0.2, -0.15) is 0 Å². The third kappa shape index (κ3) is 2.80. The molecule has 28 heavy (non-hydrogen) atoms. The number of aryl methyl sites for hydroxylation is 2. The number of likely N-dealkylation sites (tertiary alicyclic amines) is 1. The van der Waals surface area contributed by atoms with Crippen molar-refractivity contribution in [1.82, 2.24) is 14.9 Å². The molecule has 2 N–H and O–H groups in total. The lowest BCUT2D eigenvalue weighted by Crippen LogP contribution is -2.38. The van der Waals surface area contributed by atoms with Crippen LogP contribution in [0.4, 0.5) is 0 Å². The molecule has 0 unspecified atom stereocenters. The van der Waals surface area contributed by atoms with Crippen LogP contribution in [0.1, 0.15) is 46.1 Å². The van der Waals surface area contributed by atoms with Crippen molar-refractivity contribution in [3.05, 3.63) is 71.0 Å². The molecule has 2 aromatic carbocycles. The minimum Gasteiger partial charge on any atom is -0.358 e. The van der Waals surface area contributed by atoms with Crippen LogP contribution in [0.25, 0.3) is 21.8 Å². The van der Waals surface area contributed by atoms with Gasteiger partial charge >= 0.3 is 0 Å². The van der Waals surface area contributed by atoms with Gasteiger partial charge < -0.3 is 14.9 Å². The maximum absolute atomic E-state index is 13.1. The molecule has 1 saturated heterocycles. The highest BCUT2D eigenvalue weighted by atomic mass is 16.2. The van der Waals surface area contributed by atoms with E-state index in [0.29, 0.717) is 5.92 Å². The highest BCUT2D eigenvalue weighted by molar-refractivity contribution is 5.99. The molecule has 4 aromatic rings. The molecule has 0 bridgehead atoms. The molecule has 3 heterocycles. The molecule has 0 atom stereocenters. The fourth-order valence-corrected chi connectivity index (χ4v) is 4.49. The summed E-state index contributed by atoms with van der Waals surface area (Å²) in [6, 6.07) is 16.7. The first kappa shape index (κ1) is 17.1. The van der Waals surface area contributed by atoms with Crippen LogP contribution >= 0.6 is 0 Å². The number of piperidine rings is 1. The summed E-state index contributed by atoms with van der Waals surface area (Å²) in [6.45, 7) is 5.80. The van der Waals surface area contributed by atoms with Gasteiger partial charge in [-0.25, -0.2) is 0 Å². The van der Waals surface area contributed by atoms with Crippen molar-refractivity contribution in [2.24, 2.45) is 0 Å². The van der Waals surface area contributed by atoms with Gasteiger partial charge in [0.15, 0.2) is 0 Å². The second-order valence-corrected chi connectivity index (χ2v) is 8.01. The topological polar surface area (TPSA) is 51.9 Å². The molecule has 1 amide bonds. The summed E-state index contributed by atoms with van der Waals surface area (Å²) in [5.41, 5.74) is 6.78. The number of amides is 1. The predicted molar refractivity (Wildman–Crippen MR) is 114 cm³/mol. The first-order valence-electron chi connectivity index (χ1n) is 10.1. The van der Waals surface area contributed by atoms with Crippen LogP contribution in [-0.2, 0) is 0 Å². The summed E-state index contributed by atoms with van der Waals surface area (Å²) < 4.78 is 0. The number of para-hydroxylation sites is 1. The Bertz CT molecular complexity index is 1140. The SMILES string of the molecule is Cc1[nH]c2ccc(C(=O)N3CCC(c4cc5ccccc5[nH]4)CC3)cc2c1C. The smallest absolute Gasteiger partial charge is 0.253 e. The molecule has 142 valence electrons. The molecule has 4 nitrogen and oxygen atoms in total. The standard InChI is InChI=1S/C24H25N3O/c1-15-16(2)25-22-8-7-19(13-20(15)22)24(28)27-11-9-17(10-12-27)23-14-18-5-3-4-6-21(18)26-23/h3-8,13-14,17,25-26H,9-12H2,1-2H3. The molecule has 0 aliphatic carbocycles. The minimum absolute atomic E-state index is 0.148. The van der Waals surface area contributed by atoms with Gasteiger partial charge in [-0.3, -0.25) is 4.79 Å². The number of rotatable bonds is 2. The first-order valence-corrected chi connectivity index (χ1v) is 10.1. The summed E-state index contributed by atoms with van der Waals surface area (Å²) in [4.78, 5) is 22.0. The largest absolute Gasteiger partial charge is 0.358 e. The molecule has 2 aromatic heterocycles. The number of nitrogens with zero attached hydrogens (tertiary/aromatic N) is 1. The van der Waals surface area contributed by atoms with E-state index in [4.69, 9.17) is 0 Å². The molecular formula is C24H25N3O. The number of hydrogen-bond acceptors (Lipinski definition) is 1. The van der Waals surface area contributed by atoms with Crippen LogP contribution < -0.4 is 0 Å². The van der Waals surface area contributed by atoms with Crippen LogP contribution in [-0.4, -0.2) is 33.9 Å². The molecule has 5 rings (SSSR count). The normalized spacial score (nSPS) is 15.6. The zero-order valence-electron chi connectivity index (χ0n) is 16.4. The van der Waals surface area contributed by atoms with Crippen LogP contribution in [0.5, 0.6) is 0 Å². The van der Waals surface area contributed by atoms with E-state index in [-0.39, 0.29) is 5.91 Å². The fraction of sp³-hybridized carbons (Fsp3) is 0.292. The van der Waals surface area contributed by atoms with Gasteiger partial charge in [-0.1, -0.05) is 18.2 Å². The monoisotopic (exact) mass is 371 g/mol. The van der Waals surface area contributed by atoms with Gasteiger partial charge in [0.1, 0.15) is 0 Å². The first-order chi connectivity index (χ1) is 13.6. The Balaban J connectivity index is 1.32. The van der Waals surface area contributed by atoms with E-state index in [1.54, 1.807) is 0 Å².